The molecule has 0 radical (unpaired) electrons. The van der Waals surface area contributed by atoms with Gasteiger partial charge in [0.25, 0.3) is 0 Å². The minimum absolute atomic E-state index is 0.135. The number of anilines is 4. The lowest BCUT2D eigenvalue weighted by Crippen LogP contribution is -2.36. The Labute approximate surface area is 165 Å². The van der Waals surface area contributed by atoms with Crippen molar-refractivity contribution in [1.82, 2.24) is 0 Å². The number of hydrogen-bond acceptors (Lipinski definition) is 5. The number of carbonyl (C=O) groups excluding carboxylic acids is 2. The summed E-state index contributed by atoms with van der Waals surface area (Å²) in [4.78, 5) is 25.9. The van der Waals surface area contributed by atoms with Gasteiger partial charge in [0, 0.05) is 42.8 Å². The quantitative estimate of drug-likeness (QED) is 0.716. The normalized spacial score (nSPS) is 14.9. The Balaban J connectivity index is 1.56. The third-order valence-corrected chi connectivity index (χ3v) is 4.47. The first kappa shape index (κ1) is 19.7. The van der Waals surface area contributed by atoms with Gasteiger partial charge in [-0.3, -0.25) is 9.59 Å². The van der Waals surface area contributed by atoms with Crippen molar-refractivity contribution >= 4 is 34.6 Å². The molecule has 2 aromatic carbocycles. The summed E-state index contributed by atoms with van der Waals surface area (Å²) in [5.41, 5.74) is 3.32. The standard InChI is InChI=1S/C21H26N4O3/c1-15(22-18-4-3-5-19(14-18)23-16(2)26)21(27)24-17-6-8-20(9-7-17)25-10-12-28-13-11-25/h3-9,14-15,22H,10-13H2,1-2H3,(H,23,26)(H,24,27)/t15-/m0/s1. The Kier molecular flexibility index (Phi) is 6.49. The van der Waals surface area contributed by atoms with E-state index in [4.69, 9.17) is 4.74 Å². The monoisotopic (exact) mass is 382 g/mol. The molecule has 1 saturated heterocycles. The van der Waals surface area contributed by atoms with Crippen LogP contribution in [0.15, 0.2) is 48.5 Å². The third kappa shape index (κ3) is 5.47. The van der Waals surface area contributed by atoms with Crippen LogP contribution in [0.3, 0.4) is 0 Å². The van der Waals surface area contributed by atoms with Crippen LogP contribution in [0.2, 0.25) is 0 Å². The summed E-state index contributed by atoms with van der Waals surface area (Å²) in [6, 6.07) is 14.7. The van der Waals surface area contributed by atoms with Crippen molar-refractivity contribution in [3.63, 3.8) is 0 Å². The maximum absolute atomic E-state index is 12.5. The van der Waals surface area contributed by atoms with Gasteiger partial charge in [-0.2, -0.15) is 0 Å². The van der Waals surface area contributed by atoms with E-state index in [1.165, 1.54) is 6.92 Å². The van der Waals surface area contributed by atoms with Gasteiger partial charge in [-0.25, -0.2) is 0 Å². The summed E-state index contributed by atoms with van der Waals surface area (Å²) in [5, 5.41) is 8.81. The molecule has 28 heavy (non-hydrogen) atoms. The van der Waals surface area contributed by atoms with E-state index >= 15 is 0 Å². The highest BCUT2D eigenvalue weighted by Gasteiger charge is 2.14. The molecule has 0 saturated carbocycles. The van der Waals surface area contributed by atoms with Gasteiger partial charge in [-0.15, -0.1) is 0 Å². The molecule has 3 rings (SSSR count). The summed E-state index contributed by atoms with van der Waals surface area (Å²) in [6.45, 7) is 6.49. The minimum atomic E-state index is -0.438. The molecule has 148 valence electrons. The van der Waals surface area contributed by atoms with Crippen LogP contribution in [-0.2, 0) is 14.3 Å². The second kappa shape index (κ2) is 9.23. The molecule has 2 amide bonds. The van der Waals surface area contributed by atoms with Crippen LogP contribution < -0.4 is 20.9 Å². The third-order valence-electron chi connectivity index (χ3n) is 4.47. The van der Waals surface area contributed by atoms with Gasteiger partial charge in [0.15, 0.2) is 0 Å². The van der Waals surface area contributed by atoms with Gasteiger partial charge < -0.3 is 25.6 Å². The zero-order chi connectivity index (χ0) is 19.9. The summed E-state index contributed by atoms with van der Waals surface area (Å²) in [6.07, 6.45) is 0. The van der Waals surface area contributed by atoms with Crippen LogP contribution in [-0.4, -0.2) is 44.2 Å². The molecule has 0 unspecified atom stereocenters. The van der Waals surface area contributed by atoms with Gasteiger partial charge in [0.05, 0.1) is 13.2 Å². The summed E-state index contributed by atoms with van der Waals surface area (Å²) >= 11 is 0. The minimum Gasteiger partial charge on any atom is -0.378 e. The van der Waals surface area contributed by atoms with E-state index in [0.29, 0.717) is 5.69 Å². The predicted octanol–water partition coefficient (Wildman–Crippen LogP) is 2.92. The molecule has 3 N–H and O–H groups in total. The van der Waals surface area contributed by atoms with E-state index < -0.39 is 6.04 Å². The van der Waals surface area contributed by atoms with Gasteiger partial charge >= 0.3 is 0 Å². The molecule has 7 heteroatoms. The van der Waals surface area contributed by atoms with Crippen LogP contribution in [0.25, 0.3) is 0 Å². The topological polar surface area (TPSA) is 82.7 Å². The molecule has 2 aromatic rings. The Bertz CT molecular complexity index is 817. The molecule has 1 aliphatic rings. The summed E-state index contributed by atoms with van der Waals surface area (Å²) < 4.78 is 5.37. The molecular weight excluding hydrogens is 356 g/mol. The highest BCUT2D eigenvalue weighted by Crippen LogP contribution is 2.20. The maximum Gasteiger partial charge on any atom is 0.246 e. The number of nitrogens with zero attached hydrogens (tertiary/aromatic N) is 1. The van der Waals surface area contributed by atoms with Crippen molar-refractivity contribution in [3.05, 3.63) is 48.5 Å². The van der Waals surface area contributed by atoms with E-state index in [0.717, 1.165) is 43.4 Å². The fourth-order valence-corrected chi connectivity index (χ4v) is 3.03. The van der Waals surface area contributed by atoms with Crippen LogP contribution in [0, 0.1) is 0 Å². The molecule has 1 fully saturated rings. The number of amides is 2. The van der Waals surface area contributed by atoms with Crippen LogP contribution in [0.5, 0.6) is 0 Å². The zero-order valence-electron chi connectivity index (χ0n) is 16.2. The average Bonchev–Trinajstić information content (AvgIpc) is 2.69. The lowest BCUT2D eigenvalue weighted by molar-refractivity contribution is -0.116. The molecule has 1 aliphatic heterocycles. The Morgan fingerprint density at radius 2 is 1.64 bits per heavy atom. The van der Waals surface area contributed by atoms with Crippen molar-refractivity contribution < 1.29 is 14.3 Å². The lowest BCUT2D eigenvalue weighted by atomic mass is 10.2. The fraction of sp³-hybridized carbons (Fsp3) is 0.333. The number of hydrogen-bond donors (Lipinski definition) is 3. The van der Waals surface area contributed by atoms with E-state index in [2.05, 4.69) is 20.9 Å². The fourth-order valence-electron chi connectivity index (χ4n) is 3.03. The van der Waals surface area contributed by atoms with Crippen molar-refractivity contribution in [1.29, 1.82) is 0 Å². The lowest BCUT2D eigenvalue weighted by Gasteiger charge is -2.29. The first-order chi connectivity index (χ1) is 13.5. The molecule has 1 heterocycles. The first-order valence-electron chi connectivity index (χ1n) is 9.39. The molecule has 0 spiro atoms. The molecule has 0 bridgehead atoms. The van der Waals surface area contributed by atoms with Crippen molar-refractivity contribution in [3.8, 4) is 0 Å². The number of morpholine rings is 1. The van der Waals surface area contributed by atoms with Crippen molar-refractivity contribution in [2.75, 3.05) is 47.2 Å². The summed E-state index contributed by atoms with van der Waals surface area (Å²) in [5.74, 6) is -0.271. The Hall–Kier alpha value is -3.06. The van der Waals surface area contributed by atoms with Gasteiger partial charge in [0.1, 0.15) is 6.04 Å². The van der Waals surface area contributed by atoms with Crippen molar-refractivity contribution in [2.45, 2.75) is 19.9 Å². The van der Waals surface area contributed by atoms with Crippen LogP contribution in [0.1, 0.15) is 13.8 Å². The summed E-state index contributed by atoms with van der Waals surface area (Å²) in [7, 11) is 0. The number of rotatable bonds is 6. The van der Waals surface area contributed by atoms with Crippen molar-refractivity contribution in [2.24, 2.45) is 0 Å². The van der Waals surface area contributed by atoms with E-state index in [1.54, 1.807) is 19.1 Å². The molecular formula is C21H26N4O3. The highest BCUT2D eigenvalue weighted by molar-refractivity contribution is 5.96. The van der Waals surface area contributed by atoms with Gasteiger partial charge in [-0.1, -0.05) is 6.07 Å². The molecule has 1 atom stereocenters. The smallest absolute Gasteiger partial charge is 0.246 e. The Morgan fingerprint density at radius 3 is 2.32 bits per heavy atom. The molecule has 0 aromatic heterocycles. The zero-order valence-corrected chi connectivity index (χ0v) is 16.2. The highest BCUT2D eigenvalue weighted by atomic mass is 16.5. The first-order valence-corrected chi connectivity index (χ1v) is 9.39. The molecule has 7 nitrogen and oxygen atoms in total. The molecule has 0 aliphatic carbocycles. The number of nitrogens with one attached hydrogen (secondary N) is 3. The van der Waals surface area contributed by atoms with E-state index in [1.807, 2.05) is 36.4 Å². The number of benzene rings is 2. The average molecular weight is 382 g/mol. The van der Waals surface area contributed by atoms with Crippen LogP contribution in [0.4, 0.5) is 22.7 Å². The van der Waals surface area contributed by atoms with Gasteiger partial charge in [0.2, 0.25) is 11.8 Å². The predicted molar refractivity (Wildman–Crippen MR) is 112 cm³/mol. The van der Waals surface area contributed by atoms with Gasteiger partial charge in [-0.05, 0) is 49.4 Å². The number of ether oxygens (including phenoxy) is 1. The largest absolute Gasteiger partial charge is 0.378 e. The maximum atomic E-state index is 12.5. The van der Waals surface area contributed by atoms with Crippen LogP contribution >= 0.6 is 0 Å². The SMILES string of the molecule is CC(=O)Nc1cccc(N[C@@H](C)C(=O)Nc2ccc(N3CCOCC3)cc2)c1. The second-order valence-electron chi connectivity index (χ2n) is 6.76. The number of carbonyl (C=O) groups is 2. The Morgan fingerprint density at radius 1 is 0.964 bits per heavy atom. The second-order valence-corrected chi connectivity index (χ2v) is 6.76. The van der Waals surface area contributed by atoms with E-state index in [9.17, 15) is 9.59 Å². The van der Waals surface area contributed by atoms with E-state index in [-0.39, 0.29) is 11.8 Å².